The lowest BCUT2D eigenvalue weighted by Crippen LogP contribution is -2.53. The zero-order valence-electron chi connectivity index (χ0n) is 20.6. The number of carbonyl (C=O) groups is 2. The van der Waals surface area contributed by atoms with Crippen molar-refractivity contribution in [2.75, 3.05) is 7.11 Å². The summed E-state index contributed by atoms with van der Waals surface area (Å²) in [5.41, 5.74) is 1.48. The van der Waals surface area contributed by atoms with Gasteiger partial charge in [-0.1, -0.05) is 32.4 Å². The fourth-order valence-corrected chi connectivity index (χ4v) is 8.44. The van der Waals surface area contributed by atoms with Crippen LogP contribution in [0.15, 0.2) is 11.6 Å². The van der Waals surface area contributed by atoms with Gasteiger partial charge in [0, 0.05) is 18.8 Å². The number of hydrogen-bond donors (Lipinski definition) is 1. The van der Waals surface area contributed by atoms with Gasteiger partial charge in [0.25, 0.3) is 0 Å². The predicted molar refractivity (Wildman–Crippen MR) is 123 cm³/mol. The SMILES string of the molecule is COC(=O)CC[C@@H](C)[C@H]1CC[C@H]2[C@@H]3CC[C@@H]4C[C@H](OC(C)=O)CC[C@]4(C)C3=C[C@H](O)[C@]12C. The fraction of sp³-hybridized carbons (Fsp3) is 0.852. The molecule has 0 heterocycles. The highest BCUT2D eigenvalue weighted by Gasteiger charge is 2.60. The number of methoxy groups -OCH3 is 1. The van der Waals surface area contributed by atoms with Crippen LogP contribution < -0.4 is 0 Å². The number of allylic oxidation sites excluding steroid dienone is 1. The Kier molecular flexibility index (Phi) is 6.52. The molecule has 0 aromatic carbocycles. The smallest absolute Gasteiger partial charge is 0.305 e. The van der Waals surface area contributed by atoms with E-state index in [1.807, 2.05) is 0 Å². The van der Waals surface area contributed by atoms with Crippen LogP contribution in [-0.2, 0) is 19.1 Å². The summed E-state index contributed by atoms with van der Waals surface area (Å²) in [6.45, 7) is 8.48. The molecule has 1 N–H and O–H groups in total. The van der Waals surface area contributed by atoms with Gasteiger partial charge in [-0.05, 0) is 86.4 Å². The number of aliphatic hydroxyl groups excluding tert-OH is 1. The number of carbonyl (C=O) groups excluding carboxylic acids is 2. The van der Waals surface area contributed by atoms with Gasteiger partial charge in [0.05, 0.1) is 13.2 Å². The second-order valence-corrected chi connectivity index (χ2v) is 11.6. The van der Waals surface area contributed by atoms with Crippen molar-refractivity contribution in [1.82, 2.24) is 0 Å². The molecule has 5 nitrogen and oxygen atoms in total. The van der Waals surface area contributed by atoms with Crippen molar-refractivity contribution in [2.45, 2.75) is 97.7 Å². The lowest BCUT2D eigenvalue weighted by atomic mass is 9.47. The maximum Gasteiger partial charge on any atom is 0.305 e. The van der Waals surface area contributed by atoms with E-state index in [0.29, 0.717) is 36.0 Å². The lowest BCUT2D eigenvalue weighted by molar-refractivity contribution is -0.151. The topological polar surface area (TPSA) is 72.8 Å². The Morgan fingerprint density at radius 2 is 1.94 bits per heavy atom. The molecule has 180 valence electrons. The van der Waals surface area contributed by atoms with Crippen LogP contribution in [0, 0.1) is 40.4 Å². The Bertz CT molecular complexity index is 774. The zero-order valence-corrected chi connectivity index (χ0v) is 20.6. The standard InChI is InChI=1S/C27H42O5/c1-16(6-11-25(30)31-5)21-9-10-22-20-8-7-18-14-19(32-17(2)28)12-13-26(18,3)23(20)15-24(29)27(21,22)4/h15-16,18-22,24,29H,6-14H2,1-5H3/t16-,18-,19-,20+,21-,22+,24+,26+,27-/m1/s1. The highest BCUT2D eigenvalue weighted by molar-refractivity contribution is 5.69. The summed E-state index contributed by atoms with van der Waals surface area (Å²) < 4.78 is 10.4. The van der Waals surface area contributed by atoms with Crippen LogP contribution in [0.25, 0.3) is 0 Å². The van der Waals surface area contributed by atoms with E-state index in [4.69, 9.17) is 9.47 Å². The lowest BCUT2D eigenvalue weighted by Gasteiger charge is -2.58. The molecule has 0 aliphatic heterocycles. The van der Waals surface area contributed by atoms with Gasteiger partial charge < -0.3 is 14.6 Å². The molecule has 0 aromatic heterocycles. The van der Waals surface area contributed by atoms with E-state index in [0.717, 1.165) is 32.1 Å². The average Bonchev–Trinajstić information content (AvgIpc) is 3.11. The van der Waals surface area contributed by atoms with E-state index in [9.17, 15) is 14.7 Å². The third kappa shape index (κ3) is 3.82. The first-order valence-corrected chi connectivity index (χ1v) is 12.8. The van der Waals surface area contributed by atoms with Crippen molar-refractivity contribution in [2.24, 2.45) is 40.4 Å². The second-order valence-electron chi connectivity index (χ2n) is 11.6. The molecule has 5 heteroatoms. The minimum atomic E-state index is -0.436. The molecule has 3 saturated carbocycles. The third-order valence-corrected chi connectivity index (χ3v) is 10.2. The van der Waals surface area contributed by atoms with Gasteiger partial charge in [-0.2, -0.15) is 0 Å². The molecule has 3 fully saturated rings. The number of aliphatic hydroxyl groups is 1. The van der Waals surface area contributed by atoms with Crippen LogP contribution in [0.3, 0.4) is 0 Å². The molecule has 0 amide bonds. The van der Waals surface area contributed by atoms with Crippen molar-refractivity contribution in [1.29, 1.82) is 0 Å². The van der Waals surface area contributed by atoms with Gasteiger partial charge in [0.15, 0.2) is 0 Å². The van der Waals surface area contributed by atoms with E-state index >= 15 is 0 Å². The summed E-state index contributed by atoms with van der Waals surface area (Å²) >= 11 is 0. The molecule has 32 heavy (non-hydrogen) atoms. The van der Waals surface area contributed by atoms with Gasteiger partial charge >= 0.3 is 11.9 Å². The van der Waals surface area contributed by atoms with Gasteiger partial charge in [0.2, 0.25) is 0 Å². The average molecular weight is 447 g/mol. The molecular formula is C27H42O5. The molecule has 0 radical (unpaired) electrons. The molecule has 0 unspecified atom stereocenters. The van der Waals surface area contributed by atoms with E-state index in [1.165, 1.54) is 38.9 Å². The Labute approximate surface area is 193 Å². The van der Waals surface area contributed by atoms with Crippen LogP contribution in [-0.4, -0.2) is 36.4 Å². The van der Waals surface area contributed by atoms with Gasteiger partial charge in [-0.3, -0.25) is 9.59 Å². The van der Waals surface area contributed by atoms with Crippen LogP contribution in [0.1, 0.15) is 85.5 Å². The largest absolute Gasteiger partial charge is 0.469 e. The number of esters is 2. The minimum Gasteiger partial charge on any atom is -0.469 e. The Balaban J connectivity index is 1.55. The summed E-state index contributed by atoms with van der Waals surface area (Å²) in [7, 11) is 1.45. The van der Waals surface area contributed by atoms with E-state index < -0.39 is 6.10 Å². The third-order valence-electron chi connectivity index (χ3n) is 10.2. The highest BCUT2D eigenvalue weighted by Crippen LogP contribution is 2.66. The van der Waals surface area contributed by atoms with Crippen LogP contribution in [0.5, 0.6) is 0 Å². The van der Waals surface area contributed by atoms with Crippen LogP contribution in [0.2, 0.25) is 0 Å². The van der Waals surface area contributed by atoms with Crippen molar-refractivity contribution in [3.05, 3.63) is 11.6 Å². The molecular weight excluding hydrogens is 404 g/mol. The normalized spacial score (nSPS) is 43.9. The Hall–Kier alpha value is -1.36. The minimum absolute atomic E-state index is 0.0491. The first-order chi connectivity index (χ1) is 15.1. The van der Waals surface area contributed by atoms with Gasteiger partial charge in [-0.25, -0.2) is 0 Å². The van der Waals surface area contributed by atoms with Gasteiger partial charge in [-0.15, -0.1) is 0 Å². The predicted octanol–water partition coefficient (Wildman–Crippen LogP) is 5.06. The molecule has 0 spiro atoms. The quantitative estimate of drug-likeness (QED) is 0.472. The fourth-order valence-electron chi connectivity index (χ4n) is 8.44. The highest BCUT2D eigenvalue weighted by atomic mass is 16.5. The monoisotopic (exact) mass is 446 g/mol. The maximum absolute atomic E-state index is 11.7. The second kappa shape index (κ2) is 8.77. The number of ether oxygens (including phenoxy) is 2. The first kappa shape index (κ1) is 23.8. The first-order valence-electron chi connectivity index (χ1n) is 12.8. The van der Waals surface area contributed by atoms with E-state index in [1.54, 1.807) is 0 Å². The number of rotatable bonds is 5. The summed E-state index contributed by atoms with van der Waals surface area (Å²) in [5, 5.41) is 11.6. The van der Waals surface area contributed by atoms with Crippen LogP contribution >= 0.6 is 0 Å². The molecule has 4 rings (SSSR count). The molecule has 0 bridgehead atoms. The molecule has 0 saturated heterocycles. The number of hydrogen-bond acceptors (Lipinski definition) is 5. The summed E-state index contributed by atoms with van der Waals surface area (Å²) in [6, 6.07) is 0. The molecule has 0 aromatic rings. The zero-order chi connectivity index (χ0) is 23.3. The Morgan fingerprint density at radius 3 is 2.62 bits per heavy atom. The maximum atomic E-state index is 11.7. The molecule has 4 aliphatic rings. The van der Waals surface area contributed by atoms with Gasteiger partial charge in [0.1, 0.15) is 6.10 Å². The van der Waals surface area contributed by atoms with Crippen LogP contribution in [0.4, 0.5) is 0 Å². The van der Waals surface area contributed by atoms with Crippen molar-refractivity contribution < 1.29 is 24.2 Å². The summed E-state index contributed by atoms with van der Waals surface area (Å²) in [6.07, 6.45) is 10.7. The van der Waals surface area contributed by atoms with E-state index in [2.05, 4.69) is 26.8 Å². The molecule has 9 atom stereocenters. The van der Waals surface area contributed by atoms with Crippen molar-refractivity contribution >= 4 is 11.9 Å². The van der Waals surface area contributed by atoms with E-state index in [-0.39, 0.29) is 28.9 Å². The van der Waals surface area contributed by atoms with Crippen molar-refractivity contribution in [3.63, 3.8) is 0 Å². The van der Waals surface area contributed by atoms with Crippen molar-refractivity contribution in [3.8, 4) is 0 Å². The Morgan fingerprint density at radius 1 is 1.19 bits per heavy atom. The molecule has 4 aliphatic carbocycles. The summed E-state index contributed by atoms with van der Waals surface area (Å²) in [4.78, 5) is 23.2. The number of fused-ring (bicyclic) bond motifs is 5. The summed E-state index contributed by atoms with van der Waals surface area (Å²) in [5.74, 6) is 2.08.